The van der Waals surface area contributed by atoms with E-state index in [1.807, 2.05) is 12.3 Å². The summed E-state index contributed by atoms with van der Waals surface area (Å²) < 4.78 is 2.31. The molecule has 0 amide bonds. The first-order chi connectivity index (χ1) is 24.8. The molecule has 9 aromatic rings. The van der Waals surface area contributed by atoms with E-state index in [0.717, 1.165) is 44.7 Å². The second-order valence-corrected chi connectivity index (χ2v) is 12.5. The van der Waals surface area contributed by atoms with Gasteiger partial charge in [-0.15, -0.1) is 0 Å². The van der Waals surface area contributed by atoms with E-state index in [1.165, 1.54) is 33.4 Å². The van der Waals surface area contributed by atoms with E-state index < -0.39 is 0 Å². The summed E-state index contributed by atoms with van der Waals surface area (Å²) in [6, 6.07) is 69.1. The monoisotopic (exact) mass is 639 g/mol. The third-order valence-corrected chi connectivity index (χ3v) is 9.46. The van der Waals surface area contributed by atoms with Crippen molar-refractivity contribution in [1.29, 1.82) is 0 Å². The van der Waals surface area contributed by atoms with Crippen molar-refractivity contribution in [1.82, 2.24) is 9.55 Å². The first-order valence-corrected chi connectivity index (χ1v) is 17.0. The zero-order valence-electron chi connectivity index (χ0n) is 27.4. The summed E-state index contributed by atoms with van der Waals surface area (Å²) in [5.74, 6) is 0. The summed E-state index contributed by atoms with van der Waals surface area (Å²) in [7, 11) is 0. The number of fused-ring (bicyclic) bond motifs is 3. The Hall–Kier alpha value is -6.71. The van der Waals surface area contributed by atoms with E-state index in [4.69, 9.17) is 4.98 Å². The van der Waals surface area contributed by atoms with E-state index in [2.05, 4.69) is 198 Å². The maximum atomic E-state index is 4.74. The molecule has 0 saturated heterocycles. The van der Waals surface area contributed by atoms with Crippen molar-refractivity contribution in [3.05, 3.63) is 200 Å². The van der Waals surface area contributed by atoms with Crippen LogP contribution in [0.25, 0.3) is 61.0 Å². The Balaban J connectivity index is 1.20. The zero-order valence-corrected chi connectivity index (χ0v) is 27.4. The molecule has 0 radical (unpaired) electrons. The molecule has 0 aliphatic carbocycles. The highest BCUT2D eigenvalue weighted by atomic mass is 15.1. The molecule has 0 unspecified atom stereocenters. The van der Waals surface area contributed by atoms with Crippen LogP contribution in [-0.2, 0) is 0 Å². The standard InChI is InChI=1S/C47H33N3/c1-4-13-34(14-5-1)35-22-24-38(25-23-35)49(41-30-31-42(36-15-6-2-7-16-36)44(33-41)37-17-8-3-9-18-37)39-26-28-40(29-27-39)50-45-20-11-10-19-43(45)47-46(50)21-12-32-48-47/h1-33H. The van der Waals surface area contributed by atoms with Crippen molar-refractivity contribution in [3.8, 4) is 39.1 Å². The second kappa shape index (κ2) is 12.7. The lowest BCUT2D eigenvalue weighted by Crippen LogP contribution is -2.10. The number of pyridine rings is 1. The van der Waals surface area contributed by atoms with Gasteiger partial charge in [0.05, 0.1) is 16.6 Å². The summed E-state index contributed by atoms with van der Waals surface area (Å²) >= 11 is 0. The van der Waals surface area contributed by atoms with Gasteiger partial charge in [0.25, 0.3) is 0 Å². The van der Waals surface area contributed by atoms with Crippen LogP contribution in [0.3, 0.4) is 0 Å². The number of hydrogen-bond acceptors (Lipinski definition) is 2. The van der Waals surface area contributed by atoms with Crippen LogP contribution in [0.5, 0.6) is 0 Å². The first kappa shape index (κ1) is 29.4. The zero-order chi connectivity index (χ0) is 33.3. The largest absolute Gasteiger partial charge is 0.310 e. The third kappa shape index (κ3) is 5.32. The molecular weight excluding hydrogens is 607 g/mol. The van der Waals surface area contributed by atoms with E-state index >= 15 is 0 Å². The molecular formula is C47H33N3. The quantitative estimate of drug-likeness (QED) is 0.173. The minimum Gasteiger partial charge on any atom is -0.310 e. The fraction of sp³-hybridized carbons (Fsp3) is 0. The van der Waals surface area contributed by atoms with Crippen LogP contribution in [0.2, 0.25) is 0 Å². The Morgan fingerprint density at radius 3 is 1.58 bits per heavy atom. The van der Waals surface area contributed by atoms with Crippen molar-refractivity contribution < 1.29 is 0 Å². The molecule has 0 saturated carbocycles. The summed E-state index contributed by atoms with van der Waals surface area (Å²) in [5, 5.41) is 1.15. The molecule has 7 aromatic carbocycles. The predicted octanol–water partition coefficient (Wildman–Crippen LogP) is 12.6. The van der Waals surface area contributed by atoms with Gasteiger partial charge >= 0.3 is 0 Å². The molecule has 9 rings (SSSR count). The summed E-state index contributed by atoms with van der Waals surface area (Å²) in [4.78, 5) is 7.10. The maximum Gasteiger partial charge on any atom is 0.0963 e. The molecule has 2 aromatic heterocycles. The molecule has 0 aliphatic rings. The SMILES string of the molecule is c1ccc(-c2ccc(N(c3ccc(-n4c5ccccc5c5ncccc54)cc3)c3ccc(-c4ccccc4)c(-c4ccccc4)c3)cc2)cc1. The number of rotatable bonds is 7. The summed E-state index contributed by atoms with van der Waals surface area (Å²) in [5.41, 5.74) is 14.8. The second-order valence-electron chi connectivity index (χ2n) is 12.5. The third-order valence-electron chi connectivity index (χ3n) is 9.46. The van der Waals surface area contributed by atoms with Gasteiger partial charge in [-0.05, 0) is 100 Å². The summed E-state index contributed by atoms with van der Waals surface area (Å²) in [6.45, 7) is 0. The van der Waals surface area contributed by atoms with E-state index in [-0.39, 0.29) is 0 Å². The van der Waals surface area contributed by atoms with Crippen LogP contribution in [0, 0.1) is 0 Å². The number of nitrogens with zero attached hydrogens (tertiary/aromatic N) is 3. The molecule has 50 heavy (non-hydrogen) atoms. The molecule has 0 atom stereocenters. The molecule has 0 bridgehead atoms. The van der Waals surface area contributed by atoms with Gasteiger partial charge in [0.2, 0.25) is 0 Å². The van der Waals surface area contributed by atoms with Gasteiger partial charge in [0.1, 0.15) is 0 Å². The van der Waals surface area contributed by atoms with E-state index in [1.54, 1.807) is 0 Å². The van der Waals surface area contributed by atoms with Crippen LogP contribution in [-0.4, -0.2) is 9.55 Å². The highest BCUT2D eigenvalue weighted by molar-refractivity contribution is 6.07. The fourth-order valence-corrected chi connectivity index (χ4v) is 7.09. The highest BCUT2D eigenvalue weighted by Gasteiger charge is 2.18. The molecule has 0 N–H and O–H groups in total. The Morgan fingerprint density at radius 2 is 0.900 bits per heavy atom. The van der Waals surface area contributed by atoms with E-state index in [9.17, 15) is 0 Å². The minimum absolute atomic E-state index is 1.01. The lowest BCUT2D eigenvalue weighted by molar-refractivity contribution is 1.17. The molecule has 0 fully saturated rings. The lowest BCUT2D eigenvalue weighted by Gasteiger charge is -2.27. The van der Waals surface area contributed by atoms with Crippen molar-refractivity contribution in [2.75, 3.05) is 4.90 Å². The normalized spacial score (nSPS) is 11.2. The number of anilines is 3. The van der Waals surface area contributed by atoms with Crippen LogP contribution >= 0.6 is 0 Å². The Kier molecular flexibility index (Phi) is 7.49. The van der Waals surface area contributed by atoms with Gasteiger partial charge in [0.15, 0.2) is 0 Å². The number of aromatic nitrogens is 2. The Labute approximate surface area is 292 Å². The molecule has 0 aliphatic heterocycles. The van der Waals surface area contributed by atoms with Crippen molar-refractivity contribution in [2.24, 2.45) is 0 Å². The van der Waals surface area contributed by atoms with Gasteiger partial charge in [-0.2, -0.15) is 0 Å². The van der Waals surface area contributed by atoms with E-state index in [0.29, 0.717) is 0 Å². The molecule has 0 spiro atoms. The number of benzene rings is 7. The maximum absolute atomic E-state index is 4.74. The van der Waals surface area contributed by atoms with Crippen molar-refractivity contribution in [3.63, 3.8) is 0 Å². The molecule has 3 heteroatoms. The average molecular weight is 640 g/mol. The van der Waals surface area contributed by atoms with Crippen molar-refractivity contribution in [2.45, 2.75) is 0 Å². The molecule has 2 heterocycles. The number of para-hydroxylation sites is 1. The van der Waals surface area contributed by atoms with Crippen LogP contribution in [0.4, 0.5) is 17.1 Å². The smallest absolute Gasteiger partial charge is 0.0963 e. The topological polar surface area (TPSA) is 21.1 Å². The van der Waals surface area contributed by atoms with Gasteiger partial charge in [-0.25, -0.2) is 0 Å². The minimum atomic E-state index is 1.01. The van der Waals surface area contributed by atoms with Crippen LogP contribution in [0.1, 0.15) is 0 Å². The molecule has 236 valence electrons. The first-order valence-electron chi connectivity index (χ1n) is 17.0. The fourth-order valence-electron chi connectivity index (χ4n) is 7.09. The van der Waals surface area contributed by atoms with Gasteiger partial charge in [-0.3, -0.25) is 4.98 Å². The van der Waals surface area contributed by atoms with Crippen LogP contribution < -0.4 is 4.90 Å². The Bertz CT molecular complexity index is 2500. The van der Waals surface area contributed by atoms with Gasteiger partial charge < -0.3 is 9.47 Å². The average Bonchev–Trinajstić information content (AvgIpc) is 3.54. The Morgan fingerprint density at radius 1 is 0.380 bits per heavy atom. The van der Waals surface area contributed by atoms with Crippen LogP contribution in [0.15, 0.2) is 200 Å². The molecule has 3 nitrogen and oxygen atoms in total. The highest BCUT2D eigenvalue weighted by Crippen LogP contribution is 2.41. The summed E-state index contributed by atoms with van der Waals surface area (Å²) in [6.07, 6.45) is 1.87. The predicted molar refractivity (Wildman–Crippen MR) is 210 cm³/mol. The van der Waals surface area contributed by atoms with Gasteiger partial charge in [0, 0.05) is 34.3 Å². The number of hydrogen-bond donors (Lipinski definition) is 0. The lowest BCUT2D eigenvalue weighted by atomic mass is 9.93. The van der Waals surface area contributed by atoms with Gasteiger partial charge in [-0.1, -0.05) is 127 Å². The van der Waals surface area contributed by atoms with Crippen molar-refractivity contribution >= 4 is 39.0 Å².